The Morgan fingerprint density at radius 2 is 1.53 bits per heavy atom. The van der Waals surface area contributed by atoms with E-state index in [0.717, 1.165) is 19.4 Å². The molecule has 1 aliphatic heterocycles. The zero-order chi connectivity index (χ0) is 12.8. The third kappa shape index (κ3) is 6.46. The zero-order valence-electron chi connectivity index (χ0n) is 11.4. The predicted molar refractivity (Wildman–Crippen MR) is 84.4 cm³/mol. The van der Waals surface area contributed by atoms with Gasteiger partial charge in [0, 0.05) is 37.4 Å². The second kappa shape index (κ2) is 9.65. The second-order valence-electron chi connectivity index (χ2n) is 5.01. The van der Waals surface area contributed by atoms with Crippen LogP contribution in [-0.2, 0) is 4.79 Å². The fourth-order valence-corrected chi connectivity index (χ4v) is 1.91. The van der Waals surface area contributed by atoms with Gasteiger partial charge in [-0.1, -0.05) is 14.9 Å². The number of rotatable bonds is 2. The van der Waals surface area contributed by atoms with Crippen molar-refractivity contribution in [2.75, 3.05) is 6.54 Å². The molecule has 1 fully saturated rings. The van der Waals surface area contributed by atoms with E-state index in [4.69, 9.17) is 0 Å². The molecule has 1 amide bonds. The van der Waals surface area contributed by atoms with Gasteiger partial charge in [-0.2, -0.15) is 0 Å². The van der Waals surface area contributed by atoms with Crippen LogP contribution < -0.4 is 0 Å². The van der Waals surface area contributed by atoms with E-state index in [2.05, 4.69) is 44.7 Å². The van der Waals surface area contributed by atoms with E-state index in [-0.39, 0.29) is 14.9 Å². The number of nitrogens with zero attached hydrogens (tertiary/aromatic N) is 2. The van der Waals surface area contributed by atoms with Crippen LogP contribution in [0.3, 0.4) is 0 Å². The molecule has 3 heteroatoms. The third-order valence-electron chi connectivity index (χ3n) is 2.96. The number of amides is 1. The number of hydrogen-bond acceptors (Lipinski definition) is 1. The summed E-state index contributed by atoms with van der Waals surface area (Å²) in [4.78, 5) is 12.9. The first-order chi connectivity index (χ1) is 8.02. The second-order valence-corrected chi connectivity index (χ2v) is 5.01. The lowest BCUT2D eigenvalue weighted by Crippen LogP contribution is -2.31. The summed E-state index contributed by atoms with van der Waals surface area (Å²) in [5, 5.41) is 0. The van der Waals surface area contributed by atoms with E-state index in [1.54, 1.807) is 0 Å². The lowest BCUT2D eigenvalue weighted by atomic mass is 10.3. The quantitative estimate of drug-likeness (QED) is 0.782. The molecular weight excluding hydrogens is 236 g/mol. The van der Waals surface area contributed by atoms with Crippen molar-refractivity contribution < 1.29 is 4.79 Å². The molecule has 0 bridgehead atoms. The summed E-state index contributed by atoms with van der Waals surface area (Å²) >= 11 is 0. The van der Waals surface area contributed by atoms with Gasteiger partial charge in [-0.15, -0.1) is 0 Å². The molecule has 2 rings (SSSR count). The first-order valence-corrected chi connectivity index (χ1v) is 6.44. The van der Waals surface area contributed by atoms with Crippen molar-refractivity contribution in [3.05, 3.63) is 24.5 Å². The largest absolute Gasteiger partial charge is 0.352 e. The van der Waals surface area contributed by atoms with Gasteiger partial charge in [0.25, 0.3) is 0 Å². The van der Waals surface area contributed by atoms with Crippen LogP contribution in [0.1, 0.15) is 61.4 Å². The molecule has 1 aliphatic rings. The first-order valence-electron chi connectivity index (χ1n) is 6.44. The van der Waals surface area contributed by atoms with Crippen LogP contribution in [0.25, 0.3) is 0 Å². The number of carbonyl (C=O) groups excluding carboxylic acids is 1. The molecule has 0 radical (unpaired) electrons. The van der Waals surface area contributed by atoms with E-state index in [1.807, 2.05) is 17.0 Å². The molecule has 19 heavy (non-hydrogen) atoms. The Labute approximate surface area is 119 Å². The molecule has 1 saturated heterocycles. The van der Waals surface area contributed by atoms with Crippen LogP contribution in [0, 0.1) is 0 Å². The van der Waals surface area contributed by atoms with Gasteiger partial charge in [-0.25, -0.2) is 0 Å². The smallest absolute Gasteiger partial charge is 0.222 e. The Kier molecular flexibility index (Phi) is 10.2. The highest BCUT2D eigenvalue weighted by molar-refractivity contribution is 5.78. The van der Waals surface area contributed by atoms with Gasteiger partial charge >= 0.3 is 0 Å². The maximum absolute atomic E-state index is 10.9. The van der Waals surface area contributed by atoms with Crippen molar-refractivity contribution in [3.8, 4) is 0 Å². The van der Waals surface area contributed by atoms with Crippen molar-refractivity contribution in [1.82, 2.24) is 9.47 Å². The van der Waals surface area contributed by atoms with Gasteiger partial charge in [-0.3, -0.25) is 4.79 Å². The van der Waals surface area contributed by atoms with Crippen molar-refractivity contribution in [1.29, 1.82) is 0 Å². The molecule has 1 aromatic heterocycles. The highest BCUT2D eigenvalue weighted by atomic mass is 16.2. The Bertz CT molecular complexity index is 329. The van der Waals surface area contributed by atoms with E-state index in [0.29, 0.717) is 18.0 Å². The van der Waals surface area contributed by atoms with Gasteiger partial charge in [0.15, 0.2) is 0 Å². The minimum absolute atomic E-state index is 0. The van der Waals surface area contributed by atoms with Gasteiger partial charge in [0.1, 0.15) is 0 Å². The fourth-order valence-electron chi connectivity index (χ4n) is 1.91. The molecule has 0 N–H and O–H groups in total. The van der Waals surface area contributed by atoms with Crippen LogP contribution >= 0.6 is 0 Å². The molecular formula is C16H32N2O. The summed E-state index contributed by atoms with van der Waals surface area (Å²) in [5.41, 5.74) is 0. The highest BCUT2D eigenvalue weighted by Gasteiger charge is 2.21. The summed E-state index contributed by atoms with van der Waals surface area (Å²) in [7, 11) is 0. The van der Waals surface area contributed by atoms with E-state index < -0.39 is 0 Å². The molecule has 1 aromatic rings. The normalized spacial score (nSPS) is 13.8. The minimum Gasteiger partial charge on any atom is -0.352 e. The Morgan fingerprint density at radius 3 is 1.74 bits per heavy atom. The summed E-state index contributed by atoms with van der Waals surface area (Å²) in [6.45, 7) is 9.42. The van der Waals surface area contributed by atoms with Gasteiger partial charge in [-0.05, 0) is 46.2 Å². The average molecular weight is 268 g/mol. The molecule has 112 valence electrons. The van der Waals surface area contributed by atoms with Crippen LogP contribution in [0.15, 0.2) is 24.5 Å². The zero-order valence-corrected chi connectivity index (χ0v) is 11.4. The van der Waals surface area contributed by atoms with Crippen LogP contribution in [0.4, 0.5) is 0 Å². The Hall–Kier alpha value is -1.25. The van der Waals surface area contributed by atoms with E-state index in [1.165, 1.54) is 0 Å². The number of likely N-dealkylation sites (tertiary alicyclic amines) is 1. The van der Waals surface area contributed by atoms with Crippen molar-refractivity contribution >= 4 is 5.91 Å². The topological polar surface area (TPSA) is 25.2 Å². The first kappa shape index (κ1) is 20.1. The van der Waals surface area contributed by atoms with Gasteiger partial charge < -0.3 is 9.47 Å². The van der Waals surface area contributed by atoms with Crippen LogP contribution in [0.2, 0.25) is 0 Å². The lowest BCUT2D eigenvalue weighted by Gasteiger charge is -2.19. The average Bonchev–Trinajstić information content (AvgIpc) is 2.87. The summed E-state index contributed by atoms with van der Waals surface area (Å²) in [6, 6.07) is 5.09. The van der Waals surface area contributed by atoms with Crippen LogP contribution in [-0.4, -0.2) is 28.0 Å². The standard InChI is InChI=1S/C7H13NO.C7H11N.2CH4/c1-6(2)8-5-3-4-7(8)9;1-7(2)8-5-3-4-6-8;;/h6H,3-5H2,1-2H3;3-7H,1-2H3;2*1H4. The Morgan fingerprint density at radius 1 is 1.00 bits per heavy atom. The third-order valence-corrected chi connectivity index (χ3v) is 2.96. The number of carbonyl (C=O) groups is 1. The summed E-state index contributed by atoms with van der Waals surface area (Å²) < 4.78 is 2.17. The number of aromatic nitrogens is 1. The minimum atomic E-state index is 0. The fraction of sp³-hybridized carbons (Fsp3) is 0.688. The maximum Gasteiger partial charge on any atom is 0.222 e. The highest BCUT2D eigenvalue weighted by Crippen LogP contribution is 2.12. The molecule has 3 nitrogen and oxygen atoms in total. The molecule has 0 unspecified atom stereocenters. The van der Waals surface area contributed by atoms with Crippen LogP contribution in [0.5, 0.6) is 0 Å². The Balaban J connectivity index is 0. The van der Waals surface area contributed by atoms with Gasteiger partial charge in [0.05, 0.1) is 0 Å². The SMILES string of the molecule is C.C.CC(C)N1CCCC1=O.CC(C)n1cccc1. The number of hydrogen-bond donors (Lipinski definition) is 0. The van der Waals surface area contributed by atoms with E-state index in [9.17, 15) is 4.79 Å². The molecule has 0 spiro atoms. The summed E-state index contributed by atoms with van der Waals surface area (Å²) in [6.07, 6.45) is 5.96. The predicted octanol–water partition coefficient (Wildman–Crippen LogP) is 4.36. The maximum atomic E-state index is 10.9. The molecule has 0 aliphatic carbocycles. The summed E-state index contributed by atoms with van der Waals surface area (Å²) in [5.74, 6) is 0.324. The van der Waals surface area contributed by atoms with E-state index >= 15 is 0 Å². The van der Waals surface area contributed by atoms with Crippen molar-refractivity contribution in [3.63, 3.8) is 0 Å². The monoisotopic (exact) mass is 268 g/mol. The van der Waals surface area contributed by atoms with Gasteiger partial charge in [0.2, 0.25) is 5.91 Å². The van der Waals surface area contributed by atoms with Crippen molar-refractivity contribution in [2.45, 2.75) is 67.5 Å². The molecule has 0 aromatic carbocycles. The molecule has 2 heterocycles. The lowest BCUT2D eigenvalue weighted by molar-refractivity contribution is -0.129. The molecule has 0 saturated carbocycles. The molecule has 0 atom stereocenters. The van der Waals surface area contributed by atoms with Crippen molar-refractivity contribution in [2.24, 2.45) is 0 Å².